The molecule has 0 aliphatic heterocycles. The van der Waals surface area contributed by atoms with Crippen LogP contribution in [0.15, 0.2) is 52.9 Å². The van der Waals surface area contributed by atoms with Crippen LogP contribution in [0.2, 0.25) is 5.02 Å². The topological polar surface area (TPSA) is 60.2 Å². The molecule has 0 bridgehead atoms. The quantitative estimate of drug-likeness (QED) is 0.662. The number of rotatable bonds is 7. The molecule has 0 aliphatic rings. The Bertz CT molecular complexity index is 770. The van der Waals surface area contributed by atoms with E-state index in [9.17, 15) is 0 Å². The molecule has 6 heteroatoms. The fraction of sp³-hybridized carbons (Fsp3) is 0.222. The van der Waals surface area contributed by atoms with Crippen LogP contribution in [0.5, 0.6) is 5.75 Å². The molecule has 0 spiro atoms. The van der Waals surface area contributed by atoms with Gasteiger partial charge in [-0.3, -0.25) is 0 Å². The van der Waals surface area contributed by atoms with E-state index < -0.39 is 0 Å². The largest absolute Gasteiger partial charge is 0.497 e. The van der Waals surface area contributed by atoms with Gasteiger partial charge in [0.25, 0.3) is 0 Å². The summed E-state index contributed by atoms with van der Waals surface area (Å²) < 4.78 is 10.8. The molecule has 2 aromatic carbocycles. The van der Waals surface area contributed by atoms with Gasteiger partial charge in [-0.1, -0.05) is 23.7 Å². The summed E-state index contributed by atoms with van der Waals surface area (Å²) >= 11 is 5.87. The lowest BCUT2D eigenvalue weighted by Crippen LogP contribution is -2.16. The summed E-state index contributed by atoms with van der Waals surface area (Å²) in [6.07, 6.45) is 0.919. The smallest absolute Gasteiger partial charge is 0.247 e. The Morgan fingerprint density at radius 1 is 1.04 bits per heavy atom. The van der Waals surface area contributed by atoms with E-state index in [0.29, 0.717) is 23.3 Å². The van der Waals surface area contributed by atoms with Gasteiger partial charge in [0.15, 0.2) is 0 Å². The van der Waals surface area contributed by atoms with Gasteiger partial charge >= 0.3 is 0 Å². The predicted octanol–water partition coefficient (Wildman–Crippen LogP) is 3.73. The first-order chi connectivity index (χ1) is 11.7. The normalized spacial score (nSPS) is 10.8. The Morgan fingerprint density at radius 3 is 2.50 bits per heavy atom. The zero-order valence-electron chi connectivity index (χ0n) is 13.3. The molecule has 0 radical (unpaired) electrons. The van der Waals surface area contributed by atoms with Crippen LogP contribution in [0.1, 0.15) is 11.5 Å². The van der Waals surface area contributed by atoms with Crippen molar-refractivity contribution in [2.24, 2.45) is 0 Å². The molecule has 0 amide bonds. The Labute approximate surface area is 145 Å². The van der Waals surface area contributed by atoms with Crippen molar-refractivity contribution in [2.45, 2.75) is 13.0 Å². The lowest BCUT2D eigenvalue weighted by Gasteiger charge is -2.04. The molecule has 1 aromatic heterocycles. The Kier molecular flexibility index (Phi) is 5.46. The second-order valence-corrected chi connectivity index (χ2v) is 5.72. The Morgan fingerprint density at radius 2 is 1.79 bits per heavy atom. The molecule has 3 aromatic rings. The molecule has 5 nitrogen and oxygen atoms in total. The average molecular weight is 344 g/mol. The number of hydrogen-bond donors (Lipinski definition) is 1. The van der Waals surface area contributed by atoms with Crippen LogP contribution in [-0.4, -0.2) is 23.9 Å². The third-order valence-electron chi connectivity index (χ3n) is 3.58. The third-order valence-corrected chi connectivity index (χ3v) is 3.84. The molecule has 3 rings (SSSR count). The number of nitrogens with one attached hydrogen (secondary N) is 1. The van der Waals surface area contributed by atoms with Crippen molar-refractivity contribution in [3.05, 3.63) is 65.0 Å². The van der Waals surface area contributed by atoms with E-state index in [1.165, 1.54) is 5.56 Å². The summed E-state index contributed by atoms with van der Waals surface area (Å²) in [4.78, 5) is 0. The zero-order chi connectivity index (χ0) is 16.8. The highest BCUT2D eigenvalue weighted by Crippen LogP contribution is 2.20. The van der Waals surface area contributed by atoms with Gasteiger partial charge in [0.2, 0.25) is 11.8 Å². The van der Waals surface area contributed by atoms with E-state index in [4.69, 9.17) is 20.8 Å². The van der Waals surface area contributed by atoms with Gasteiger partial charge in [-0.2, -0.15) is 0 Å². The summed E-state index contributed by atoms with van der Waals surface area (Å²) in [6.45, 7) is 1.36. The second-order valence-electron chi connectivity index (χ2n) is 5.28. The van der Waals surface area contributed by atoms with E-state index >= 15 is 0 Å². The zero-order valence-corrected chi connectivity index (χ0v) is 14.1. The molecule has 0 atom stereocenters. The van der Waals surface area contributed by atoms with Crippen molar-refractivity contribution in [3.8, 4) is 17.2 Å². The van der Waals surface area contributed by atoms with Crippen LogP contribution in [0.4, 0.5) is 0 Å². The molecule has 124 valence electrons. The van der Waals surface area contributed by atoms with Crippen molar-refractivity contribution in [3.63, 3.8) is 0 Å². The van der Waals surface area contributed by atoms with Crippen molar-refractivity contribution in [1.82, 2.24) is 15.5 Å². The minimum atomic E-state index is 0.499. The molecule has 0 unspecified atom stereocenters. The average Bonchev–Trinajstić information content (AvgIpc) is 3.09. The molecule has 1 N–H and O–H groups in total. The van der Waals surface area contributed by atoms with E-state index in [1.807, 2.05) is 24.3 Å². The minimum absolute atomic E-state index is 0.499. The highest BCUT2D eigenvalue weighted by Gasteiger charge is 2.08. The first-order valence-electron chi connectivity index (χ1n) is 7.66. The number of ether oxygens (including phenoxy) is 1. The molecule has 0 saturated heterocycles. The van der Waals surface area contributed by atoms with Gasteiger partial charge in [-0.15, -0.1) is 10.2 Å². The first-order valence-corrected chi connectivity index (χ1v) is 8.04. The predicted molar refractivity (Wildman–Crippen MR) is 93.1 cm³/mol. The van der Waals surface area contributed by atoms with E-state index in [0.717, 1.165) is 24.3 Å². The number of methoxy groups -OCH3 is 1. The summed E-state index contributed by atoms with van der Waals surface area (Å²) in [5.41, 5.74) is 2.10. The summed E-state index contributed by atoms with van der Waals surface area (Å²) in [5, 5.41) is 12.1. The molecular formula is C18H18ClN3O2. The van der Waals surface area contributed by atoms with Gasteiger partial charge in [0.1, 0.15) is 5.75 Å². The van der Waals surface area contributed by atoms with Gasteiger partial charge < -0.3 is 14.5 Å². The highest BCUT2D eigenvalue weighted by atomic mass is 35.5. The molecular weight excluding hydrogens is 326 g/mol. The SMILES string of the molecule is COc1ccc(CCNCc2nnc(-c3ccc(Cl)cc3)o2)cc1. The number of hydrogen-bond acceptors (Lipinski definition) is 5. The van der Waals surface area contributed by atoms with E-state index in [1.54, 1.807) is 19.2 Å². The summed E-state index contributed by atoms with van der Waals surface area (Å²) in [5.74, 6) is 1.93. The maximum Gasteiger partial charge on any atom is 0.247 e. The monoisotopic (exact) mass is 343 g/mol. The number of nitrogens with zero attached hydrogens (tertiary/aromatic N) is 2. The van der Waals surface area contributed by atoms with Gasteiger partial charge in [-0.05, 0) is 54.9 Å². The van der Waals surface area contributed by atoms with Crippen LogP contribution < -0.4 is 10.1 Å². The van der Waals surface area contributed by atoms with Crippen molar-refractivity contribution in [1.29, 1.82) is 0 Å². The maximum atomic E-state index is 5.87. The van der Waals surface area contributed by atoms with Crippen molar-refractivity contribution >= 4 is 11.6 Å². The first kappa shape index (κ1) is 16.5. The fourth-order valence-corrected chi connectivity index (χ4v) is 2.38. The van der Waals surface area contributed by atoms with Crippen LogP contribution in [0, 0.1) is 0 Å². The molecule has 24 heavy (non-hydrogen) atoms. The number of benzene rings is 2. The standard InChI is InChI=1S/C18H18ClN3O2/c1-23-16-8-2-13(3-9-16)10-11-20-12-17-21-22-18(24-17)14-4-6-15(19)7-5-14/h2-9,20H,10-12H2,1H3. The van der Waals surface area contributed by atoms with E-state index in [-0.39, 0.29) is 0 Å². The van der Waals surface area contributed by atoms with Gasteiger partial charge in [0.05, 0.1) is 13.7 Å². The lowest BCUT2D eigenvalue weighted by molar-refractivity contribution is 0.414. The molecule has 1 heterocycles. The Hall–Kier alpha value is -2.37. The lowest BCUT2D eigenvalue weighted by atomic mass is 10.1. The molecule has 0 saturated carbocycles. The summed E-state index contributed by atoms with van der Waals surface area (Å²) in [6, 6.07) is 15.4. The van der Waals surface area contributed by atoms with Crippen LogP contribution >= 0.6 is 11.6 Å². The molecule has 0 fully saturated rings. The molecule has 0 aliphatic carbocycles. The summed E-state index contributed by atoms with van der Waals surface area (Å²) in [7, 11) is 1.67. The second kappa shape index (κ2) is 7.95. The van der Waals surface area contributed by atoms with Crippen LogP contribution in [0.25, 0.3) is 11.5 Å². The van der Waals surface area contributed by atoms with Crippen molar-refractivity contribution < 1.29 is 9.15 Å². The van der Waals surface area contributed by atoms with Gasteiger partial charge in [0, 0.05) is 10.6 Å². The maximum absolute atomic E-state index is 5.87. The third kappa shape index (κ3) is 4.34. The minimum Gasteiger partial charge on any atom is -0.497 e. The van der Waals surface area contributed by atoms with E-state index in [2.05, 4.69) is 27.6 Å². The van der Waals surface area contributed by atoms with Crippen LogP contribution in [-0.2, 0) is 13.0 Å². The fourth-order valence-electron chi connectivity index (χ4n) is 2.25. The Balaban J connectivity index is 1.47. The number of aromatic nitrogens is 2. The van der Waals surface area contributed by atoms with Crippen molar-refractivity contribution in [2.75, 3.05) is 13.7 Å². The van der Waals surface area contributed by atoms with Crippen LogP contribution in [0.3, 0.4) is 0 Å². The van der Waals surface area contributed by atoms with Gasteiger partial charge in [-0.25, -0.2) is 0 Å². The highest BCUT2D eigenvalue weighted by molar-refractivity contribution is 6.30. The number of halogens is 1.